The van der Waals surface area contributed by atoms with Crippen LogP contribution in [-0.2, 0) is 4.79 Å². The topological polar surface area (TPSA) is 140 Å². The molecule has 4 rings (SSSR count). The van der Waals surface area contributed by atoms with E-state index in [1.807, 2.05) is 24.4 Å². The van der Waals surface area contributed by atoms with Crippen LogP contribution in [0.1, 0.15) is 20.8 Å². The highest BCUT2D eigenvalue weighted by molar-refractivity contribution is 6.04. The van der Waals surface area contributed by atoms with Crippen molar-refractivity contribution in [2.75, 3.05) is 5.32 Å². The molecule has 34 heavy (non-hydrogen) atoms. The van der Waals surface area contributed by atoms with Gasteiger partial charge in [-0.1, -0.05) is 18.2 Å². The number of rotatable bonds is 4. The molecule has 0 fully saturated rings. The van der Waals surface area contributed by atoms with Crippen LogP contribution in [0.4, 0.5) is 18.9 Å². The van der Waals surface area contributed by atoms with Gasteiger partial charge in [-0.2, -0.15) is 18.3 Å². The van der Waals surface area contributed by atoms with Gasteiger partial charge in [0.15, 0.2) is 0 Å². The number of alkyl halides is 3. The monoisotopic (exact) mass is 471 g/mol. The van der Waals surface area contributed by atoms with Crippen LogP contribution in [0.15, 0.2) is 73.1 Å². The quantitative estimate of drug-likeness (QED) is 0.417. The van der Waals surface area contributed by atoms with Gasteiger partial charge in [-0.3, -0.25) is 14.6 Å². The van der Waals surface area contributed by atoms with Crippen LogP contribution in [0.25, 0.3) is 16.6 Å². The van der Waals surface area contributed by atoms with E-state index < -0.39 is 18.1 Å². The molecule has 2 heterocycles. The zero-order chi connectivity index (χ0) is 24.9. The predicted octanol–water partition coefficient (Wildman–Crippen LogP) is 3.41. The normalized spacial score (nSPS) is 10.8. The zero-order valence-electron chi connectivity index (χ0n) is 17.2. The Balaban J connectivity index is 0.000000406. The lowest BCUT2D eigenvalue weighted by Crippen LogP contribution is -2.21. The average Bonchev–Trinajstić information content (AvgIpc) is 3.24. The summed E-state index contributed by atoms with van der Waals surface area (Å²) in [6, 6.07) is 17.6. The third-order valence-electron chi connectivity index (χ3n) is 4.33. The molecular formula is C22H16F3N5O4. The van der Waals surface area contributed by atoms with E-state index in [2.05, 4.69) is 15.4 Å². The number of nitrogens with one attached hydrogen (secondary N) is 1. The van der Waals surface area contributed by atoms with E-state index in [-0.39, 0.29) is 5.91 Å². The van der Waals surface area contributed by atoms with Gasteiger partial charge in [0, 0.05) is 23.5 Å². The van der Waals surface area contributed by atoms with Gasteiger partial charge in [0.05, 0.1) is 11.3 Å². The van der Waals surface area contributed by atoms with Gasteiger partial charge in [0.25, 0.3) is 11.8 Å². The average molecular weight is 471 g/mol. The molecule has 0 saturated heterocycles. The second-order valence-electron chi connectivity index (χ2n) is 6.70. The van der Waals surface area contributed by atoms with E-state index in [1.165, 1.54) is 0 Å². The molecule has 0 bridgehead atoms. The van der Waals surface area contributed by atoms with Crippen molar-refractivity contribution in [3.8, 4) is 5.69 Å². The van der Waals surface area contributed by atoms with E-state index >= 15 is 0 Å². The van der Waals surface area contributed by atoms with Crippen molar-refractivity contribution in [2.45, 2.75) is 6.18 Å². The number of fused-ring (bicyclic) bond motifs is 1. The lowest BCUT2D eigenvalue weighted by molar-refractivity contribution is -0.192. The molecule has 0 radical (unpaired) electrons. The summed E-state index contributed by atoms with van der Waals surface area (Å²) < 4.78 is 33.4. The summed E-state index contributed by atoms with van der Waals surface area (Å²) in [6.45, 7) is 0. The number of carbonyl (C=O) groups excluding carboxylic acids is 2. The number of nitrogens with two attached hydrogens (primary N) is 1. The van der Waals surface area contributed by atoms with Crippen molar-refractivity contribution in [2.24, 2.45) is 5.73 Å². The number of carbonyl (C=O) groups is 3. The van der Waals surface area contributed by atoms with Crippen molar-refractivity contribution >= 4 is 34.4 Å². The molecule has 12 heteroatoms. The minimum Gasteiger partial charge on any atom is -0.475 e. The molecule has 2 aromatic heterocycles. The van der Waals surface area contributed by atoms with Gasteiger partial charge in [-0.25, -0.2) is 9.48 Å². The first kappa shape index (κ1) is 23.9. The molecule has 0 aliphatic rings. The van der Waals surface area contributed by atoms with E-state index in [0.29, 0.717) is 22.5 Å². The Morgan fingerprint density at radius 2 is 1.65 bits per heavy atom. The fraction of sp³-hybridized carbons (Fsp3) is 0.0455. The van der Waals surface area contributed by atoms with Crippen molar-refractivity contribution in [3.63, 3.8) is 0 Å². The smallest absolute Gasteiger partial charge is 0.475 e. The summed E-state index contributed by atoms with van der Waals surface area (Å²) in [5, 5.41) is 15.2. The lowest BCUT2D eigenvalue weighted by atomic mass is 10.1. The third kappa shape index (κ3) is 5.73. The molecule has 174 valence electrons. The number of halogens is 3. The number of anilines is 1. The Hall–Kier alpha value is -4.74. The number of aliphatic carboxylic acids is 1. The Bertz CT molecular complexity index is 1340. The summed E-state index contributed by atoms with van der Waals surface area (Å²) >= 11 is 0. The number of carboxylic acid groups (broad SMARTS) is 1. The van der Waals surface area contributed by atoms with Crippen molar-refractivity contribution < 1.29 is 32.7 Å². The van der Waals surface area contributed by atoms with Gasteiger partial charge in [-0.05, 0) is 42.5 Å². The van der Waals surface area contributed by atoms with E-state index in [1.54, 1.807) is 53.3 Å². The number of primary amides is 1. The predicted molar refractivity (Wildman–Crippen MR) is 115 cm³/mol. The minimum absolute atomic E-state index is 0.278. The molecule has 9 nitrogen and oxygen atoms in total. The van der Waals surface area contributed by atoms with Gasteiger partial charge < -0.3 is 16.2 Å². The van der Waals surface area contributed by atoms with E-state index in [0.717, 1.165) is 11.1 Å². The molecule has 0 saturated carbocycles. The van der Waals surface area contributed by atoms with Crippen LogP contribution < -0.4 is 11.1 Å². The molecule has 2 aromatic carbocycles. The minimum atomic E-state index is -5.08. The summed E-state index contributed by atoms with van der Waals surface area (Å²) in [4.78, 5) is 36.6. The first-order valence-electron chi connectivity index (χ1n) is 9.47. The maximum absolute atomic E-state index is 12.2. The number of amides is 2. The maximum atomic E-state index is 12.2. The highest BCUT2D eigenvalue weighted by atomic mass is 19.4. The molecule has 2 amide bonds. The van der Waals surface area contributed by atoms with Crippen LogP contribution in [-0.4, -0.2) is 43.8 Å². The molecular weight excluding hydrogens is 455 g/mol. The van der Waals surface area contributed by atoms with Gasteiger partial charge >= 0.3 is 12.1 Å². The first-order chi connectivity index (χ1) is 16.1. The molecule has 0 aliphatic heterocycles. The fourth-order valence-electron chi connectivity index (χ4n) is 2.77. The summed E-state index contributed by atoms with van der Waals surface area (Å²) in [5.74, 6) is -3.55. The van der Waals surface area contributed by atoms with Crippen LogP contribution in [0.3, 0.4) is 0 Å². The van der Waals surface area contributed by atoms with Crippen LogP contribution in [0.5, 0.6) is 0 Å². The zero-order valence-corrected chi connectivity index (χ0v) is 17.2. The Labute approximate surface area is 189 Å². The van der Waals surface area contributed by atoms with E-state index in [9.17, 15) is 22.8 Å². The SMILES string of the molecule is NC(=O)c1cccc2cn(-c3ccc(NC(=O)c4ccccn4)cc3)nc12.O=C(O)C(F)(F)F. The molecule has 0 spiro atoms. The van der Waals surface area contributed by atoms with Gasteiger partial charge in [0.2, 0.25) is 0 Å². The van der Waals surface area contributed by atoms with Crippen molar-refractivity contribution in [1.29, 1.82) is 0 Å². The summed E-state index contributed by atoms with van der Waals surface area (Å²) in [7, 11) is 0. The largest absolute Gasteiger partial charge is 0.490 e. The molecule has 0 atom stereocenters. The summed E-state index contributed by atoms with van der Waals surface area (Å²) in [6.07, 6.45) is -1.69. The summed E-state index contributed by atoms with van der Waals surface area (Å²) in [5.41, 5.74) is 8.12. The van der Waals surface area contributed by atoms with E-state index in [4.69, 9.17) is 15.6 Å². The second-order valence-corrected chi connectivity index (χ2v) is 6.70. The fourth-order valence-corrected chi connectivity index (χ4v) is 2.77. The Kier molecular flexibility index (Phi) is 6.90. The number of pyridine rings is 1. The van der Waals surface area contributed by atoms with Crippen LogP contribution in [0.2, 0.25) is 0 Å². The molecule has 4 aromatic rings. The highest BCUT2D eigenvalue weighted by Gasteiger charge is 2.38. The Morgan fingerprint density at radius 3 is 2.21 bits per heavy atom. The Morgan fingerprint density at radius 1 is 0.971 bits per heavy atom. The van der Waals surface area contributed by atoms with Crippen LogP contribution >= 0.6 is 0 Å². The molecule has 4 N–H and O–H groups in total. The number of aromatic nitrogens is 3. The van der Waals surface area contributed by atoms with Crippen molar-refractivity contribution in [1.82, 2.24) is 14.8 Å². The van der Waals surface area contributed by atoms with Crippen molar-refractivity contribution in [3.05, 3.63) is 84.3 Å². The number of carboxylic acids is 1. The standard InChI is InChI=1S/C20H15N5O2.C2HF3O2/c21-19(26)16-5-3-4-13-12-25(24-18(13)16)15-9-7-14(8-10-15)23-20(27)17-6-1-2-11-22-17;3-2(4,5)1(6)7/h1-12H,(H2,21,26)(H,23,27);(H,6,7). The van der Waals surface area contributed by atoms with Gasteiger partial charge in [-0.15, -0.1) is 0 Å². The first-order valence-corrected chi connectivity index (χ1v) is 9.47. The highest BCUT2D eigenvalue weighted by Crippen LogP contribution is 2.20. The van der Waals surface area contributed by atoms with Gasteiger partial charge in [0.1, 0.15) is 11.2 Å². The number of hydrogen-bond acceptors (Lipinski definition) is 5. The maximum Gasteiger partial charge on any atom is 0.490 e. The number of nitrogens with zero attached hydrogens (tertiary/aromatic N) is 3. The second kappa shape index (κ2) is 9.81. The molecule has 0 unspecified atom stereocenters. The van der Waals surface area contributed by atoms with Crippen LogP contribution in [0, 0.1) is 0 Å². The lowest BCUT2D eigenvalue weighted by Gasteiger charge is -2.06. The number of hydrogen-bond donors (Lipinski definition) is 3. The molecule has 0 aliphatic carbocycles. The number of benzene rings is 2. The third-order valence-corrected chi connectivity index (χ3v) is 4.33.